The summed E-state index contributed by atoms with van der Waals surface area (Å²) in [6, 6.07) is 2.90. The lowest BCUT2D eigenvalue weighted by Gasteiger charge is -2.26. The van der Waals surface area contributed by atoms with Crippen LogP contribution in [-0.2, 0) is 15.1 Å². The zero-order chi connectivity index (χ0) is 12.2. The second-order valence-corrected chi connectivity index (χ2v) is 3.50. The van der Waals surface area contributed by atoms with E-state index >= 15 is 0 Å². The van der Waals surface area contributed by atoms with E-state index in [-0.39, 0.29) is 12.2 Å². The maximum Gasteiger partial charge on any atom is 0.344 e. The van der Waals surface area contributed by atoms with Crippen LogP contribution < -0.4 is 0 Å². The number of alkyl halides is 1. The van der Waals surface area contributed by atoms with Crippen molar-refractivity contribution in [1.29, 1.82) is 0 Å². The number of hydrogen-bond acceptors (Lipinski definition) is 4. The van der Waals surface area contributed by atoms with Crippen molar-refractivity contribution in [1.82, 2.24) is 4.98 Å². The van der Waals surface area contributed by atoms with Crippen LogP contribution in [0.1, 0.15) is 19.4 Å². The van der Waals surface area contributed by atoms with E-state index in [1.54, 1.807) is 6.92 Å². The highest BCUT2D eigenvalue weighted by atomic mass is 19.1. The first-order valence-corrected chi connectivity index (χ1v) is 4.93. The molecule has 0 aromatic carbocycles. The Kier molecular flexibility index (Phi) is 3.95. The summed E-state index contributed by atoms with van der Waals surface area (Å²) in [6.45, 7) is 2.88. The van der Waals surface area contributed by atoms with E-state index in [1.165, 1.54) is 31.5 Å². The van der Waals surface area contributed by atoms with Crippen molar-refractivity contribution in [3.63, 3.8) is 0 Å². The lowest BCUT2D eigenvalue weighted by atomic mass is 9.92. The third kappa shape index (κ3) is 2.55. The molecule has 0 amide bonds. The molecule has 0 aliphatic carbocycles. The lowest BCUT2D eigenvalue weighted by Crippen LogP contribution is -2.40. The lowest BCUT2D eigenvalue weighted by molar-refractivity contribution is -0.160. The minimum absolute atomic E-state index is 0.0751. The van der Waals surface area contributed by atoms with Gasteiger partial charge in [0.2, 0.25) is 6.17 Å². The first-order chi connectivity index (χ1) is 7.50. The van der Waals surface area contributed by atoms with Crippen molar-refractivity contribution in [2.45, 2.75) is 25.6 Å². The Labute approximate surface area is 93.1 Å². The summed E-state index contributed by atoms with van der Waals surface area (Å²) in [6.07, 6.45) is 0.721. The van der Waals surface area contributed by atoms with Crippen molar-refractivity contribution < 1.29 is 19.0 Å². The fourth-order valence-corrected chi connectivity index (χ4v) is 1.28. The molecule has 2 atom stereocenters. The average molecular weight is 227 g/mol. The molecule has 88 valence electrons. The number of nitrogens with zero attached hydrogens (tertiary/aromatic N) is 1. The van der Waals surface area contributed by atoms with Gasteiger partial charge in [0.15, 0.2) is 0 Å². The van der Waals surface area contributed by atoms with Crippen molar-refractivity contribution in [3.05, 3.63) is 30.1 Å². The van der Waals surface area contributed by atoms with Crippen LogP contribution in [0.5, 0.6) is 0 Å². The molecule has 0 radical (unpaired) electrons. The number of rotatable bonds is 4. The highest BCUT2D eigenvalue weighted by Gasteiger charge is 2.40. The number of carbonyl (C=O) groups is 1. The van der Waals surface area contributed by atoms with Gasteiger partial charge >= 0.3 is 5.97 Å². The van der Waals surface area contributed by atoms with Gasteiger partial charge in [-0.3, -0.25) is 4.98 Å². The fraction of sp³-hybridized carbons (Fsp3) is 0.455. The molecule has 0 aliphatic heterocycles. The Balaban J connectivity index is 2.89. The molecule has 5 heteroatoms. The maximum absolute atomic E-state index is 13.7. The third-order valence-corrected chi connectivity index (χ3v) is 2.25. The van der Waals surface area contributed by atoms with Gasteiger partial charge in [0, 0.05) is 12.4 Å². The molecule has 4 nitrogen and oxygen atoms in total. The molecule has 1 aromatic rings. The Morgan fingerprint density at radius 2 is 2.19 bits per heavy atom. The highest BCUT2D eigenvalue weighted by Crippen LogP contribution is 2.27. The average Bonchev–Trinajstić information content (AvgIpc) is 2.29. The molecule has 0 spiro atoms. The van der Waals surface area contributed by atoms with Gasteiger partial charge in [-0.25, -0.2) is 9.18 Å². The molecule has 1 N–H and O–H groups in total. The van der Waals surface area contributed by atoms with E-state index in [1.807, 2.05) is 0 Å². The number of pyridine rings is 1. The summed E-state index contributed by atoms with van der Waals surface area (Å²) < 4.78 is 18.2. The zero-order valence-corrected chi connectivity index (χ0v) is 9.18. The largest absolute Gasteiger partial charge is 0.464 e. The van der Waals surface area contributed by atoms with E-state index < -0.39 is 17.7 Å². The Morgan fingerprint density at radius 1 is 1.62 bits per heavy atom. The number of halogens is 1. The minimum Gasteiger partial charge on any atom is -0.464 e. The number of hydrogen-bond donors (Lipinski definition) is 1. The standard InChI is InChI=1S/C11H14FNO3/c1-3-16-10(14)9(12)11(2,15)8-4-6-13-7-5-8/h4-7,9,15H,3H2,1-2H3. The topological polar surface area (TPSA) is 59.4 Å². The smallest absolute Gasteiger partial charge is 0.344 e. The highest BCUT2D eigenvalue weighted by molar-refractivity contribution is 5.76. The molecule has 0 fully saturated rings. The summed E-state index contributed by atoms with van der Waals surface area (Å²) in [7, 11) is 0. The predicted molar refractivity (Wildman–Crippen MR) is 55.3 cm³/mol. The van der Waals surface area contributed by atoms with Crippen LogP contribution >= 0.6 is 0 Å². The van der Waals surface area contributed by atoms with Gasteiger partial charge in [-0.2, -0.15) is 0 Å². The Hall–Kier alpha value is -1.49. The number of ether oxygens (including phenoxy) is 1. The van der Waals surface area contributed by atoms with Gasteiger partial charge in [-0.1, -0.05) is 0 Å². The summed E-state index contributed by atoms with van der Waals surface area (Å²) in [5, 5.41) is 9.95. The van der Waals surface area contributed by atoms with Crippen LogP contribution in [-0.4, -0.2) is 28.8 Å². The normalized spacial score (nSPS) is 16.2. The van der Waals surface area contributed by atoms with Crippen LogP contribution in [0.3, 0.4) is 0 Å². The minimum atomic E-state index is -2.12. The molecule has 2 unspecified atom stereocenters. The zero-order valence-electron chi connectivity index (χ0n) is 9.18. The quantitative estimate of drug-likeness (QED) is 0.785. The van der Waals surface area contributed by atoms with Gasteiger partial charge in [0.05, 0.1) is 6.61 Å². The molecule has 1 aromatic heterocycles. The summed E-state index contributed by atoms with van der Waals surface area (Å²) in [5.74, 6) is -1.07. The van der Waals surface area contributed by atoms with Crippen LogP contribution in [0.25, 0.3) is 0 Å². The van der Waals surface area contributed by atoms with Crippen LogP contribution in [0, 0.1) is 0 Å². The summed E-state index contributed by atoms with van der Waals surface area (Å²) in [4.78, 5) is 14.9. The Bertz CT molecular complexity index is 354. The van der Waals surface area contributed by atoms with E-state index in [0.717, 1.165) is 0 Å². The first kappa shape index (κ1) is 12.6. The monoisotopic (exact) mass is 227 g/mol. The van der Waals surface area contributed by atoms with E-state index in [9.17, 15) is 14.3 Å². The number of carbonyl (C=O) groups excluding carboxylic acids is 1. The third-order valence-electron chi connectivity index (χ3n) is 2.25. The van der Waals surface area contributed by atoms with Gasteiger partial charge in [0.25, 0.3) is 0 Å². The second kappa shape index (κ2) is 5.03. The van der Waals surface area contributed by atoms with Crippen molar-refractivity contribution in [3.8, 4) is 0 Å². The van der Waals surface area contributed by atoms with Crippen LogP contribution in [0.15, 0.2) is 24.5 Å². The van der Waals surface area contributed by atoms with Crippen LogP contribution in [0.4, 0.5) is 4.39 Å². The second-order valence-electron chi connectivity index (χ2n) is 3.50. The van der Waals surface area contributed by atoms with Crippen LogP contribution in [0.2, 0.25) is 0 Å². The van der Waals surface area contributed by atoms with E-state index in [2.05, 4.69) is 9.72 Å². The van der Waals surface area contributed by atoms with Gasteiger partial charge in [0.1, 0.15) is 5.60 Å². The molecule has 0 saturated heterocycles. The van der Waals surface area contributed by atoms with Crippen molar-refractivity contribution in [2.75, 3.05) is 6.61 Å². The number of aromatic nitrogens is 1. The Morgan fingerprint density at radius 3 is 2.69 bits per heavy atom. The van der Waals surface area contributed by atoms with Gasteiger partial charge in [-0.15, -0.1) is 0 Å². The molecule has 16 heavy (non-hydrogen) atoms. The summed E-state index contributed by atoms with van der Waals surface area (Å²) >= 11 is 0. The molecule has 1 heterocycles. The molecular formula is C11H14FNO3. The molecule has 1 rings (SSSR count). The molecular weight excluding hydrogens is 213 g/mol. The van der Waals surface area contributed by atoms with Crippen molar-refractivity contribution >= 4 is 5.97 Å². The van der Waals surface area contributed by atoms with Gasteiger partial charge < -0.3 is 9.84 Å². The molecule has 0 saturated carbocycles. The number of aliphatic hydroxyl groups is 1. The number of esters is 1. The van der Waals surface area contributed by atoms with Gasteiger partial charge in [-0.05, 0) is 31.5 Å². The summed E-state index contributed by atoms with van der Waals surface area (Å²) in [5.41, 5.74) is -1.63. The fourth-order valence-electron chi connectivity index (χ4n) is 1.28. The molecule has 0 aliphatic rings. The van der Waals surface area contributed by atoms with Crippen molar-refractivity contribution in [2.24, 2.45) is 0 Å². The predicted octanol–water partition coefficient (Wildman–Crippen LogP) is 1.19. The maximum atomic E-state index is 13.7. The first-order valence-electron chi connectivity index (χ1n) is 4.93. The van der Waals surface area contributed by atoms with E-state index in [4.69, 9.17) is 0 Å². The SMILES string of the molecule is CCOC(=O)C(F)C(C)(O)c1ccncc1. The van der Waals surface area contributed by atoms with E-state index in [0.29, 0.717) is 0 Å². The molecule has 0 bridgehead atoms.